The van der Waals surface area contributed by atoms with Crippen molar-refractivity contribution in [1.29, 1.82) is 0 Å². The van der Waals surface area contributed by atoms with Crippen molar-refractivity contribution in [3.63, 3.8) is 0 Å². The van der Waals surface area contributed by atoms with Gasteiger partial charge in [-0.1, -0.05) is 24.3 Å². The summed E-state index contributed by atoms with van der Waals surface area (Å²) in [6.45, 7) is 0.441. The van der Waals surface area contributed by atoms with Crippen molar-refractivity contribution < 1.29 is 17.9 Å². The number of nitrogens with zero attached hydrogens (tertiary/aromatic N) is 3. The van der Waals surface area contributed by atoms with E-state index in [1.54, 1.807) is 19.5 Å². The van der Waals surface area contributed by atoms with Crippen molar-refractivity contribution in [3.05, 3.63) is 90.3 Å². The highest BCUT2D eigenvalue weighted by Gasteiger charge is 2.28. The quantitative estimate of drug-likeness (QED) is 0.441. The lowest BCUT2D eigenvalue weighted by molar-refractivity contribution is 0.0966. The lowest BCUT2D eigenvalue weighted by Gasteiger charge is -2.16. The molecule has 0 aliphatic carbocycles. The van der Waals surface area contributed by atoms with Crippen molar-refractivity contribution >= 4 is 15.8 Å². The Morgan fingerprint density at radius 2 is 1.83 bits per heavy atom. The Hall–Kier alpha value is -3.86. The number of hydrogen-bond acceptors (Lipinski definition) is 7. The highest BCUT2D eigenvalue weighted by molar-refractivity contribution is 7.89. The second-order valence-electron chi connectivity index (χ2n) is 8.21. The Labute approximate surface area is 202 Å². The van der Waals surface area contributed by atoms with E-state index in [2.05, 4.69) is 15.3 Å². The standard InChI is InChI=1S/C25H23N5O4S/c1-34-19-8-6-18(7-9-19)30-15-29-22-13-28-21(12-23(31)25(22)30)17-4-2-16(3-5-17)20-10-11-27-14-24(20)35(26,32)33/h2-11,14-15,21,28H,12-13H2,1H3,(H2,26,32,33). The van der Waals surface area contributed by atoms with E-state index in [1.165, 1.54) is 12.4 Å². The molecule has 1 unspecified atom stereocenters. The third kappa shape index (κ3) is 4.46. The molecule has 0 fully saturated rings. The van der Waals surface area contributed by atoms with Crippen LogP contribution in [0.3, 0.4) is 0 Å². The maximum atomic E-state index is 13.3. The molecule has 9 nitrogen and oxygen atoms in total. The van der Waals surface area contributed by atoms with Gasteiger partial charge in [-0.2, -0.15) is 0 Å². The number of sulfonamides is 1. The summed E-state index contributed by atoms with van der Waals surface area (Å²) in [5.74, 6) is 0.720. The summed E-state index contributed by atoms with van der Waals surface area (Å²) >= 11 is 0. The van der Waals surface area contributed by atoms with Crippen molar-refractivity contribution in [3.8, 4) is 22.6 Å². The van der Waals surface area contributed by atoms with Crippen LogP contribution < -0.4 is 15.2 Å². The number of primary sulfonamides is 1. The normalized spacial score (nSPS) is 15.9. The average Bonchev–Trinajstić information content (AvgIpc) is 3.23. The minimum absolute atomic E-state index is 0.0157. The molecular formula is C25H23N5O4S. The fourth-order valence-electron chi connectivity index (χ4n) is 4.30. The first-order valence-corrected chi connectivity index (χ1v) is 12.4. The predicted molar refractivity (Wildman–Crippen MR) is 130 cm³/mol. The number of rotatable bonds is 5. The number of benzene rings is 2. The predicted octanol–water partition coefficient (Wildman–Crippen LogP) is 3.01. The van der Waals surface area contributed by atoms with Crippen LogP contribution in [0, 0.1) is 0 Å². The van der Waals surface area contributed by atoms with Gasteiger partial charge in [0.25, 0.3) is 0 Å². The number of carbonyl (C=O) groups excluding carboxylic acids is 1. The second-order valence-corrected chi connectivity index (χ2v) is 9.74. The first-order chi connectivity index (χ1) is 16.8. The maximum Gasteiger partial charge on any atom is 0.240 e. The summed E-state index contributed by atoms with van der Waals surface area (Å²) in [7, 11) is -2.31. The summed E-state index contributed by atoms with van der Waals surface area (Å²) < 4.78 is 30.9. The molecule has 0 saturated carbocycles. The fourth-order valence-corrected chi connectivity index (χ4v) is 5.00. The fraction of sp³-hybridized carbons (Fsp3) is 0.160. The molecule has 0 amide bonds. The van der Waals surface area contributed by atoms with E-state index in [0.29, 0.717) is 29.1 Å². The molecule has 0 radical (unpaired) electrons. The second kappa shape index (κ2) is 9.06. The summed E-state index contributed by atoms with van der Waals surface area (Å²) in [6.07, 6.45) is 4.68. The Morgan fingerprint density at radius 1 is 1.09 bits per heavy atom. The number of imidazole rings is 1. The van der Waals surface area contributed by atoms with Gasteiger partial charge in [0, 0.05) is 42.7 Å². The summed E-state index contributed by atoms with van der Waals surface area (Å²) in [4.78, 5) is 21.6. The van der Waals surface area contributed by atoms with Crippen LogP contribution in [0.1, 0.15) is 34.2 Å². The van der Waals surface area contributed by atoms with Gasteiger partial charge in [-0.25, -0.2) is 18.5 Å². The number of pyridine rings is 1. The topological polar surface area (TPSA) is 129 Å². The van der Waals surface area contributed by atoms with Gasteiger partial charge in [-0.15, -0.1) is 0 Å². The molecule has 35 heavy (non-hydrogen) atoms. The minimum Gasteiger partial charge on any atom is -0.497 e. The molecular weight excluding hydrogens is 466 g/mol. The van der Waals surface area contributed by atoms with Crippen LogP contribution in [0.2, 0.25) is 0 Å². The Bertz CT molecular complexity index is 1500. The number of fused-ring (bicyclic) bond motifs is 1. The van der Waals surface area contributed by atoms with E-state index < -0.39 is 10.0 Å². The van der Waals surface area contributed by atoms with Gasteiger partial charge in [0.05, 0.1) is 12.8 Å². The zero-order chi connectivity index (χ0) is 24.6. The SMILES string of the molecule is COc1ccc(-n2cnc3c2C(=O)CC(c2ccc(-c4ccncc4S(N)(=O)=O)cc2)NC3)cc1. The van der Waals surface area contributed by atoms with Crippen LogP contribution in [0.4, 0.5) is 0 Å². The molecule has 10 heteroatoms. The smallest absolute Gasteiger partial charge is 0.240 e. The number of aromatic nitrogens is 3. The molecule has 4 aromatic rings. The molecule has 1 aliphatic heterocycles. The van der Waals surface area contributed by atoms with Crippen LogP contribution in [-0.4, -0.2) is 35.8 Å². The number of carbonyl (C=O) groups is 1. The molecule has 3 N–H and O–H groups in total. The Morgan fingerprint density at radius 3 is 2.51 bits per heavy atom. The highest BCUT2D eigenvalue weighted by atomic mass is 32.2. The molecule has 2 aromatic carbocycles. The monoisotopic (exact) mass is 489 g/mol. The van der Waals surface area contributed by atoms with Gasteiger partial charge in [0.2, 0.25) is 10.0 Å². The van der Waals surface area contributed by atoms with E-state index in [0.717, 1.165) is 17.0 Å². The summed E-state index contributed by atoms with van der Waals surface area (Å²) in [6, 6.07) is 16.3. The Kier molecular flexibility index (Phi) is 5.93. The first-order valence-electron chi connectivity index (χ1n) is 10.9. The number of ether oxygens (including phenoxy) is 1. The lowest BCUT2D eigenvalue weighted by atomic mass is 9.98. The molecule has 2 aromatic heterocycles. The van der Waals surface area contributed by atoms with Crippen molar-refractivity contribution in [1.82, 2.24) is 19.9 Å². The molecule has 0 bridgehead atoms. The largest absolute Gasteiger partial charge is 0.497 e. The van der Waals surface area contributed by atoms with E-state index in [4.69, 9.17) is 9.88 Å². The molecule has 0 saturated heterocycles. The van der Waals surface area contributed by atoms with Gasteiger partial charge in [-0.05, 0) is 41.5 Å². The van der Waals surface area contributed by atoms with Crippen LogP contribution in [-0.2, 0) is 16.6 Å². The molecule has 0 spiro atoms. The van der Waals surface area contributed by atoms with E-state index >= 15 is 0 Å². The number of nitrogens with two attached hydrogens (primary N) is 1. The number of ketones is 1. The highest BCUT2D eigenvalue weighted by Crippen LogP contribution is 2.30. The van der Waals surface area contributed by atoms with Crippen molar-refractivity contribution in [2.24, 2.45) is 5.14 Å². The number of hydrogen-bond donors (Lipinski definition) is 2. The average molecular weight is 490 g/mol. The summed E-state index contributed by atoms with van der Waals surface area (Å²) in [5, 5.41) is 8.77. The Balaban J connectivity index is 1.40. The molecule has 3 heterocycles. The maximum absolute atomic E-state index is 13.3. The molecule has 178 valence electrons. The van der Waals surface area contributed by atoms with E-state index in [9.17, 15) is 13.2 Å². The van der Waals surface area contributed by atoms with Crippen LogP contribution in [0.25, 0.3) is 16.8 Å². The van der Waals surface area contributed by atoms with Gasteiger partial charge in [0.15, 0.2) is 5.78 Å². The zero-order valence-corrected chi connectivity index (χ0v) is 19.7. The van der Waals surface area contributed by atoms with Gasteiger partial charge in [-0.3, -0.25) is 14.3 Å². The van der Waals surface area contributed by atoms with Crippen LogP contribution >= 0.6 is 0 Å². The molecule has 1 aliphatic rings. The third-order valence-electron chi connectivity index (χ3n) is 6.08. The van der Waals surface area contributed by atoms with Crippen molar-refractivity contribution in [2.75, 3.05) is 7.11 Å². The third-order valence-corrected chi connectivity index (χ3v) is 7.02. The summed E-state index contributed by atoms with van der Waals surface area (Å²) in [5.41, 5.74) is 4.17. The van der Waals surface area contributed by atoms with Gasteiger partial charge < -0.3 is 10.1 Å². The van der Waals surface area contributed by atoms with Crippen LogP contribution in [0.5, 0.6) is 5.75 Å². The molecule has 5 rings (SSSR count). The van der Waals surface area contributed by atoms with E-state index in [1.807, 2.05) is 53.1 Å². The van der Waals surface area contributed by atoms with Gasteiger partial charge >= 0.3 is 0 Å². The molecule has 1 atom stereocenters. The first kappa shape index (κ1) is 22.9. The number of methoxy groups -OCH3 is 1. The van der Waals surface area contributed by atoms with Crippen molar-refractivity contribution in [2.45, 2.75) is 23.9 Å². The minimum atomic E-state index is -3.92. The lowest BCUT2D eigenvalue weighted by Crippen LogP contribution is -2.20. The van der Waals surface area contributed by atoms with Crippen LogP contribution in [0.15, 0.2) is 78.2 Å². The number of nitrogens with one attached hydrogen (secondary N) is 1. The number of Topliss-reactive ketones (excluding diaryl/α,β-unsaturated/α-hetero) is 1. The zero-order valence-electron chi connectivity index (χ0n) is 18.9. The van der Waals surface area contributed by atoms with Gasteiger partial charge in [0.1, 0.15) is 22.7 Å². The van der Waals surface area contributed by atoms with E-state index in [-0.39, 0.29) is 23.1 Å².